The molecule has 0 radical (unpaired) electrons. The predicted molar refractivity (Wildman–Crippen MR) is 171 cm³/mol. The molecule has 9 heteroatoms. The van der Waals surface area contributed by atoms with Gasteiger partial charge in [-0.25, -0.2) is 14.8 Å². The van der Waals surface area contributed by atoms with Gasteiger partial charge in [0, 0.05) is 46.0 Å². The average molecular weight is 579 g/mol. The molecular formula is C34H34N4O5. The first kappa shape index (κ1) is 29.5. The topological polar surface area (TPSA) is 152 Å². The van der Waals surface area contributed by atoms with Crippen molar-refractivity contribution in [2.45, 2.75) is 53.1 Å². The Labute approximate surface area is 248 Å². The lowest BCUT2D eigenvalue weighted by atomic mass is 9.97. The molecule has 0 saturated carbocycles. The van der Waals surface area contributed by atoms with Gasteiger partial charge in [0.25, 0.3) is 0 Å². The van der Waals surface area contributed by atoms with Gasteiger partial charge in [0.15, 0.2) is 6.10 Å². The molecule has 2 aliphatic heterocycles. The minimum atomic E-state index is -1.62. The summed E-state index contributed by atoms with van der Waals surface area (Å²) in [5.41, 5.74) is 12.5. The lowest BCUT2D eigenvalue weighted by Crippen LogP contribution is -2.19. The highest BCUT2D eigenvalue weighted by Gasteiger charge is 2.25. The third kappa shape index (κ3) is 5.35. The molecule has 43 heavy (non-hydrogen) atoms. The van der Waals surface area contributed by atoms with Crippen LogP contribution in [-0.4, -0.2) is 53.3 Å². The molecule has 1 atom stereocenters. The zero-order valence-corrected chi connectivity index (χ0v) is 24.6. The summed E-state index contributed by atoms with van der Waals surface area (Å²) in [5.74, 6) is -2.25. The van der Waals surface area contributed by atoms with Gasteiger partial charge in [0.2, 0.25) is 0 Å². The van der Waals surface area contributed by atoms with E-state index in [4.69, 9.17) is 9.97 Å². The summed E-state index contributed by atoms with van der Waals surface area (Å²) in [6, 6.07) is 7.63. The molecule has 1 unspecified atom stereocenters. The molecule has 3 aromatic heterocycles. The third-order valence-corrected chi connectivity index (χ3v) is 8.31. The maximum absolute atomic E-state index is 11.6. The van der Waals surface area contributed by atoms with E-state index in [1.54, 1.807) is 18.2 Å². The van der Waals surface area contributed by atoms with Crippen LogP contribution in [0.15, 0.2) is 37.4 Å². The number of carbonyl (C=O) groups is 2. The van der Waals surface area contributed by atoms with E-state index in [0.717, 1.165) is 61.0 Å². The number of allylic oxidation sites excluding steroid dienone is 3. The van der Waals surface area contributed by atoms with Crippen molar-refractivity contribution in [1.29, 1.82) is 0 Å². The van der Waals surface area contributed by atoms with Crippen molar-refractivity contribution in [3.63, 3.8) is 0 Å². The van der Waals surface area contributed by atoms with Crippen LogP contribution in [0.2, 0.25) is 0 Å². The molecule has 2 aliphatic rings. The van der Waals surface area contributed by atoms with E-state index in [1.165, 1.54) is 0 Å². The van der Waals surface area contributed by atoms with Gasteiger partial charge in [-0.05, 0) is 91.8 Å². The molecule has 9 nitrogen and oxygen atoms in total. The van der Waals surface area contributed by atoms with E-state index in [0.29, 0.717) is 28.3 Å². The minimum Gasteiger partial charge on any atom is -0.481 e. The van der Waals surface area contributed by atoms with Gasteiger partial charge in [-0.2, -0.15) is 0 Å². The zero-order valence-electron chi connectivity index (χ0n) is 24.6. The van der Waals surface area contributed by atoms with Crippen LogP contribution in [0.25, 0.3) is 56.5 Å². The van der Waals surface area contributed by atoms with Gasteiger partial charge in [-0.15, -0.1) is 0 Å². The number of aliphatic carboxylic acids is 2. The number of aliphatic hydroxyl groups excluding tert-OH is 1. The van der Waals surface area contributed by atoms with Gasteiger partial charge in [-0.1, -0.05) is 25.3 Å². The number of carboxylic acid groups (broad SMARTS) is 2. The van der Waals surface area contributed by atoms with Gasteiger partial charge in [-0.3, -0.25) is 4.79 Å². The standard InChI is InChI=1S/C34H34N4O5/c1-7-20-16(3)24-12-25-19(6)23(11-32(39)34(42)43)31(38-25)15-30-22(9-10-33(40)41)18(5)27(37-30)14-29-21(8-2)17(4)26(36-29)13-28(20)35-24/h7-8,12-15,32,35-36,39H,1-2,9-11H2,3-6H3,(H,40,41)(H,42,43). The molecule has 0 spiro atoms. The maximum Gasteiger partial charge on any atom is 0.332 e. The van der Waals surface area contributed by atoms with Crippen LogP contribution in [0.3, 0.4) is 0 Å². The van der Waals surface area contributed by atoms with Crippen LogP contribution in [0, 0.1) is 13.8 Å². The number of aliphatic hydroxyl groups is 1. The molecule has 0 aromatic carbocycles. The first-order chi connectivity index (χ1) is 20.4. The van der Waals surface area contributed by atoms with Gasteiger partial charge in [0.1, 0.15) is 0 Å². The molecule has 5 heterocycles. The number of nitrogens with zero attached hydrogens (tertiary/aromatic N) is 2. The van der Waals surface area contributed by atoms with E-state index in [9.17, 15) is 24.9 Å². The molecule has 5 rings (SSSR count). The molecule has 3 aromatic rings. The number of H-pyrrole nitrogens is 2. The van der Waals surface area contributed by atoms with E-state index in [2.05, 4.69) is 23.1 Å². The molecule has 5 N–H and O–H groups in total. The van der Waals surface area contributed by atoms with Crippen LogP contribution >= 0.6 is 0 Å². The highest BCUT2D eigenvalue weighted by Crippen LogP contribution is 2.38. The van der Waals surface area contributed by atoms with Gasteiger partial charge >= 0.3 is 11.9 Å². The Hall–Kier alpha value is -5.02. The van der Waals surface area contributed by atoms with Crippen molar-refractivity contribution in [2.24, 2.45) is 0 Å². The van der Waals surface area contributed by atoms with Crippen molar-refractivity contribution in [1.82, 2.24) is 19.9 Å². The smallest absolute Gasteiger partial charge is 0.332 e. The van der Waals surface area contributed by atoms with Gasteiger partial charge < -0.3 is 25.3 Å². The maximum atomic E-state index is 11.6. The second-order valence-electron chi connectivity index (χ2n) is 10.9. The number of aromatic nitrogens is 4. The van der Waals surface area contributed by atoms with Crippen LogP contribution in [-0.2, 0) is 9.59 Å². The number of aromatic amines is 2. The lowest BCUT2D eigenvalue weighted by Gasteiger charge is -2.08. The highest BCUT2D eigenvalue weighted by atomic mass is 16.4. The summed E-state index contributed by atoms with van der Waals surface area (Å²) >= 11 is 0. The Morgan fingerprint density at radius 1 is 0.767 bits per heavy atom. The van der Waals surface area contributed by atoms with E-state index in [-0.39, 0.29) is 19.3 Å². The van der Waals surface area contributed by atoms with Crippen molar-refractivity contribution in [3.05, 3.63) is 82.5 Å². The average Bonchev–Trinajstić information content (AvgIpc) is 3.61. The Kier molecular flexibility index (Phi) is 7.77. The third-order valence-electron chi connectivity index (χ3n) is 8.31. The summed E-state index contributed by atoms with van der Waals surface area (Å²) in [5, 5.41) is 29.2. The number of hydrogen-bond acceptors (Lipinski definition) is 5. The summed E-state index contributed by atoms with van der Waals surface area (Å²) in [6.07, 6.45) is 2.01. The summed E-state index contributed by atoms with van der Waals surface area (Å²) in [4.78, 5) is 39.9. The molecular weight excluding hydrogens is 544 g/mol. The van der Waals surface area contributed by atoms with Crippen molar-refractivity contribution < 1.29 is 24.9 Å². The lowest BCUT2D eigenvalue weighted by molar-refractivity contribution is -0.146. The second-order valence-corrected chi connectivity index (χ2v) is 10.9. The number of rotatable bonds is 8. The summed E-state index contributed by atoms with van der Waals surface area (Å²) < 4.78 is 0. The molecule has 8 bridgehead atoms. The molecule has 220 valence electrons. The number of nitrogens with one attached hydrogen (secondary N) is 2. The predicted octanol–water partition coefficient (Wildman–Crippen LogP) is 6.78. The monoisotopic (exact) mass is 578 g/mol. The normalized spacial score (nSPS) is 13.8. The Balaban J connectivity index is 1.94. The number of aryl methyl sites for hydroxylation is 2. The molecule has 0 fully saturated rings. The van der Waals surface area contributed by atoms with E-state index < -0.39 is 18.0 Å². The Morgan fingerprint density at radius 3 is 1.79 bits per heavy atom. The summed E-state index contributed by atoms with van der Waals surface area (Å²) in [7, 11) is 0. The fourth-order valence-corrected chi connectivity index (χ4v) is 5.76. The van der Waals surface area contributed by atoms with Crippen molar-refractivity contribution in [3.8, 4) is 0 Å². The first-order valence-electron chi connectivity index (χ1n) is 14.0. The summed E-state index contributed by atoms with van der Waals surface area (Å²) in [6.45, 7) is 15.8. The Morgan fingerprint density at radius 2 is 1.26 bits per heavy atom. The minimum absolute atomic E-state index is 0.0810. The van der Waals surface area contributed by atoms with E-state index in [1.807, 2.05) is 45.9 Å². The SMILES string of the molecule is C=Cc1c(C)c2cc3[nH]c(cc4nc(cc5nc(cc1[nH]2)C(C)=C5CCC(=O)O)C(CC(O)C(=O)O)=C4C)c(C)c3C=C. The first-order valence-corrected chi connectivity index (χ1v) is 14.0. The quantitative estimate of drug-likeness (QED) is 0.198. The highest BCUT2D eigenvalue weighted by molar-refractivity contribution is 5.97. The number of hydrogen-bond donors (Lipinski definition) is 5. The van der Waals surface area contributed by atoms with E-state index >= 15 is 0 Å². The largest absolute Gasteiger partial charge is 0.481 e. The fraction of sp³-hybridized carbons (Fsp3) is 0.235. The molecule has 0 amide bonds. The fourth-order valence-electron chi connectivity index (χ4n) is 5.76. The van der Waals surface area contributed by atoms with Crippen LogP contribution < -0.4 is 0 Å². The van der Waals surface area contributed by atoms with Crippen molar-refractivity contribution in [2.75, 3.05) is 0 Å². The molecule has 0 aliphatic carbocycles. The van der Waals surface area contributed by atoms with Crippen LogP contribution in [0.1, 0.15) is 78.1 Å². The van der Waals surface area contributed by atoms with Gasteiger partial charge in [0.05, 0.1) is 22.8 Å². The second kappa shape index (κ2) is 11.3. The Bertz CT molecular complexity index is 1950. The number of fused-ring (bicyclic) bond motifs is 8. The van der Waals surface area contributed by atoms with Crippen molar-refractivity contribution >= 4 is 68.4 Å². The number of carboxylic acids is 2. The van der Waals surface area contributed by atoms with Crippen LogP contribution in [0.4, 0.5) is 0 Å². The molecule has 0 saturated heterocycles. The van der Waals surface area contributed by atoms with Crippen LogP contribution in [0.5, 0.6) is 0 Å². The zero-order chi connectivity index (χ0) is 31.2.